The molecule has 0 spiro atoms. The number of rotatable bonds is 12. The number of carbonyl (C=O) groups is 1. The number of hydrogen-bond donors (Lipinski definition) is 0. The predicted molar refractivity (Wildman–Crippen MR) is 102 cm³/mol. The summed E-state index contributed by atoms with van der Waals surface area (Å²) in [5, 5.41) is 0. The summed E-state index contributed by atoms with van der Waals surface area (Å²) < 4.78 is 52.8. The molecule has 0 aliphatic carbocycles. The van der Waals surface area contributed by atoms with Gasteiger partial charge in [0.25, 0.3) is 12.2 Å². The van der Waals surface area contributed by atoms with Crippen LogP contribution in [0.25, 0.3) is 0 Å². The largest absolute Gasteiger partial charge is 0.466 e. The van der Waals surface area contributed by atoms with Gasteiger partial charge < -0.3 is 9.47 Å². The highest BCUT2D eigenvalue weighted by Gasteiger charge is 2.44. The van der Waals surface area contributed by atoms with Crippen LogP contribution in [0.15, 0.2) is 29.2 Å². The number of benzene rings is 1. The minimum absolute atomic E-state index is 0.0139. The first-order chi connectivity index (χ1) is 12.8. The first-order valence-electron chi connectivity index (χ1n) is 8.94. The van der Waals surface area contributed by atoms with E-state index in [0.717, 1.165) is 5.56 Å². The van der Waals surface area contributed by atoms with Crippen molar-refractivity contribution in [3.05, 3.63) is 29.8 Å². The molecule has 152 valence electrons. The summed E-state index contributed by atoms with van der Waals surface area (Å²) in [6.07, 6.45) is 0.532. The number of carbonyl (C=O) groups excluding carboxylic acids is 1. The summed E-state index contributed by atoms with van der Waals surface area (Å²) >= 11 is 0. The summed E-state index contributed by atoms with van der Waals surface area (Å²) in [5.74, 6) is -2.19. The Labute approximate surface area is 162 Å². The van der Waals surface area contributed by atoms with E-state index >= 15 is 0 Å². The Balaban J connectivity index is 2.90. The normalized spacial score (nSPS) is 14.4. The van der Waals surface area contributed by atoms with Crippen molar-refractivity contribution in [3.8, 4) is 0 Å². The van der Waals surface area contributed by atoms with Crippen LogP contribution in [0, 0.1) is 12.8 Å². The van der Waals surface area contributed by atoms with Crippen LogP contribution in [-0.4, -0.2) is 39.8 Å². The highest BCUT2D eigenvalue weighted by molar-refractivity contribution is 7.87. The van der Waals surface area contributed by atoms with Crippen LogP contribution in [0.4, 0.5) is 0 Å². The van der Waals surface area contributed by atoms with Crippen LogP contribution in [0.5, 0.6) is 0 Å². The van der Waals surface area contributed by atoms with E-state index in [0.29, 0.717) is 12.8 Å². The van der Waals surface area contributed by atoms with E-state index in [2.05, 4.69) is 0 Å². The summed E-state index contributed by atoms with van der Waals surface area (Å²) in [4.78, 5) is 12.2. The molecule has 0 bridgehead atoms. The standard InChI is InChI=1S/C18H28O7PS/c1-5-8-16(17(19)23-6-2)18(24-7-3)26(20)13-25-27(21,22)15-11-9-14(4)10-12-15/h9-12,16,18H,5-8,13H2,1-4H3/q+1. The molecule has 0 aromatic heterocycles. The molecule has 7 nitrogen and oxygen atoms in total. The third-order valence-corrected chi connectivity index (χ3v) is 6.71. The molecule has 1 rings (SSSR count). The van der Waals surface area contributed by atoms with Gasteiger partial charge in [0.05, 0.1) is 11.5 Å². The fourth-order valence-corrected chi connectivity index (χ4v) is 5.19. The second-order valence-corrected chi connectivity index (χ2v) is 9.14. The number of ether oxygens (including phenoxy) is 2. The first-order valence-corrected chi connectivity index (χ1v) is 11.9. The average molecular weight is 419 g/mol. The summed E-state index contributed by atoms with van der Waals surface area (Å²) in [7, 11) is -6.32. The van der Waals surface area contributed by atoms with Crippen molar-refractivity contribution in [2.45, 2.75) is 51.3 Å². The van der Waals surface area contributed by atoms with E-state index in [1.54, 1.807) is 26.0 Å². The van der Waals surface area contributed by atoms with Gasteiger partial charge in [0.1, 0.15) is 5.92 Å². The average Bonchev–Trinajstić information content (AvgIpc) is 2.63. The minimum atomic E-state index is -4.04. The molecule has 0 saturated carbocycles. The molecule has 0 amide bonds. The van der Waals surface area contributed by atoms with Gasteiger partial charge in [-0.05, 0) is 39.3 Å². The van der Waals surface area contributed by atoms with Crippen LogP contribution >= 0.6 is 7.80 Å². The van der Waals surface area contributed by atoms with E-state index < -0.39 is 42.0 Å². The summed E-state index contributed by atoms with van der Waals surface area (Å²) in [6.45, 7) is 7.57. The third-order valence-electron chi connectivity index (χ3n) is 3.80. The zero-order valence-electron chi connectivity index (χ0n) is 16.2. The van der Waals surface area contributed by atoms with Gasteiger partial charge in [-0.15, -0.1) is 0 Å². The quantitative estimate of drug-likeness (QED) is 0.289. The summed E-state index contributed by atoms with van der Waals surface area (Å²) in [6, 6.07) is 6.15. The molecule has 0 heterocycles. The van der Waals surface area contributed by atoms with Gasteiger partial charge in [0.15, 0.2) is 0 Å². The van der Waals surface area contributed by atoms with E-state index in [4.69, 9.17) is 13.7 Å². The van der Waals surface area contributed by atoms with Crippen LogP contribution in [0.3, 0.4) is 0 Å². The number of esters is 1. The molecule has 1 aromatic carbocycles. The molecule has 0 aliphatic rings. The monoisotopic (exact) mass is 419 g/mol. The Morgan fingerprint density at radius 3 is 2.26 bits per heavy atom. The highest BCUT2D eigenvalue weighted by atomic mass is 32.2. The zero-order valence-corrected chi connectivity index (χ0v) is 17.9. The lowest BCUT2D eigenvalue weighted by Gasteiger charge is -2.18. The Kier molecular flexibility index (Phi) is 10.1. The highest BCUT2D eigenvalue weighted by Crippen LogP contribution is 2.38. The molecular formula is C18H28O7PS+. The van der Waals surface area contributed by atoms with Crippen LogP contribution in [0.2, 0.25) is 0 Å². The molecule has 27 heavy (non-hydrogen) atoms. The molecule has 0 N–H and O–H groups in total. The maximum absolute atomic E-state index is 12.7. The maximum Gasteiger partial charge on any atom is 0.400 e. The molecule has 3 unspecified atom stereocenters. The Morgan fingerprint density at radius 1 is 1.11 bits per heavy atom. The van der Waals surface area contributed by atoms with Gasteiger partial charge in [-0.25, -0.2) is 4.18 Å². The van der Waals surface area contributed by atoms with Crippen LogP contribution < -0.4 is 0 Å². The lowest BCUT2D eigenvalue weighted by Crippen LogP contribution is -2.31. The Bertz CT molecular complexity index is 716. The molecule has 0 radical (unpaired) electrons. The van der Waals surface area contributed by atoms with E-state index in [1.807, 2.05) is 13.8 Å². The molecule has 3 atom stereocenters. The van der Waals surface area contributed by atoms with Crippen molar-refractivity contribution in [2.75, 3.05) is 19.6 Å². The van der Waals surface area contributed by atoms with E-state index in [9.17, 15) is 17.8 Å². The second kappa shape index (κ2) is 11.5. The Hall–Kier alpha value is -1.34. The van der Waals surface area contributed by atoms with Gasteiger partial charge in [-0.1, -0.05) is 35.6 Å². The van der Waals surface area contributed by atoms with Gasteiger partial charge in [-0.3, -0.25) is 4.79 Å². The summed E-state index contributed by atoms with van der Waals surface area (Å²) in [5.41, 5.74) is 0.910. The van der Waals surface area contributed by atoms with E-state index in [1.165, 1.54) is 12.1 Å². The van der Waals surface area contributed by atoms with Crippen LogP contribution in [0.1, 0.15) is 39.2 Å². The molecule has 1 aromatic rings. The van der Waals surface area contributed by atoms with Crippen molar-refractivity contribution in [1.82, 2.24) is 0 Å². The van der Waals surface area contributed by atoms with Gasteiger partial charge >= 0.3 is 23.9 Å². The maximum atomic E-state index is 12.7. The lowest BCUT2D eigenvalue weighted by molar-refractivity contribution is -0.151. The van der Waals surface area contributed by atoms with E-state index in [-0.39, 0.29) is 18.1 Å². The smallest absolute Gasteiger partial charge is 0.400 e. The molecule has 0 saturated heterocycles. The van der Waals surface area contributed by atoms with Crippen molar-refractivity contribution in [2.24, 2.45) is 5.92 Å². The predicted octanol–water partition coefficient (Wildman–Crippen LogP) is 3.83. The van der Waals surface area contributed by atoms with Crippen molar-refractivity contribution < 1.29 is 31.4 Å². The van der Waals surface area contributed by atoms with Crippen molar-refractivity contribution >= 4 is 23.9 Å². The topological polar surface area (TPSA) is 96.0 Å². The molecule has 0 aliphatic heterocycles. The third kappa shape index (κ3) is 7.30. The first kappa shape index (κ1) is 23.7. The molecular weight excluding hydrogens is 391 g/mol. The van der Waals surface area contributed by atoms with Crippen LogP contribution in [-0.2, 0) is 33.1 Å². The van der Waals surface area contributed by atoms with Gasteiger partial charge in [0, 0.05) is 6.61 Å². The van der Waals surface area contributed by atoms with Crippen molar-refractivity contribution in [3.63, 3.8) is 0 Å². The fraction of sp³-hybridized carbons (Fsp3) is 0.611. The SMILES string of the molecule is CCCC(C(=O)OCC)C(OCC)[P+](=O)COS(=O)(=O)c1ccc(C)cc1. The zero-order chi connectivity index (χ0) is 20.4. The van der Waals surface area contributed by atoms with Crippen molar-refractivity contribution in [1.29, 1.82) is 0 Å². The van der Waals surface area contributed by atoms with Gasteiger partial charge in [-0.2, -0.15) is 8.42 Å². The number of hydrogen-bond acceptors (Lipinski definition) is 7. The fourth-order valence-electron chi connectivity index (χ4n) is 2.48. The van der Waals surface area contributed by atoms with Gasteiger partial charge in [0.2, 0.25) is 0 Å². The minimum Gasteiger partial charge on any atom is -0.466 e. The Morgan fingerprint density at radius 2 is 1.74 bits per heavy atom. The lowest BCUT2D eigenvalue weighted by atomic mass is 10.1. The number of aryl methyl sites for hydroxylation is 1. The molecule has 9 heteroatoms. The second-order valence-electron chi connectivity index (χ2n) is 5.92. The molecule has 0 fully saturated rings.